The first kappa shape index (κ1) is 13.3. The maximum absolute atomic E-state index is 9.47. The molecule has 1 aromatic heterocycles. The van der Waals surface area contributed by atoms with Gasteiger partial charge >= 0.3 is 0 Å². The smallest absolute Gasteiger partial charge is 0.0931 e. The number of anilines is 1. The number of likely N-dealkylation sites (N-methyl/N-ethyl adjacent to an activating group) is 1. The molecule has 1 aliphatic heterocycles. The van der Waals surface area contributed by atoms with Crippen LogP contribution in [0, 0.1) is 0 Å². The van der Waals surface area contributed by atoms with E-state index in [2.05, 4.69) is 34.8 Å². The summed E-state index contributed by atoms with van der Waals surface area (Å²) in [5, 5.41) is 9.47. The van der Waals surface area contributed by atoms with E-state index < -0.39 is 6.10 Å². The number of aromatic nitrogens is 1. The molecule has 18 heavy (non-hydrogen) atoms. The number of aliphatic hydroxyl groups is 1. The second-order valence-electron chi connectivity index (χ2n) is 5.28. The highest BCUT2D eigenvalue weighted by molar-refractivity contribution is 5.46. The summed E-state index contributed by atoms with van der Waals surface area (Å²) in [6, 6.07) is 4.48. The molecule has 4 nitrogen and oxygen atoms in total. The van der Waals surface area contributed by atoms with Crippen LogP contribution in [0.5, 0.6) is 0 Å². The van der Waals surface area contributed by atoms with Crippen LogP contribution in [0.4, 0.5) is 5.69 Å². The van der Waals surface area contributed by atoms with Crippen LogP contribution >= 0.6 is 0 Å². The minimum absolute atomic E-state index is 0.494. The quantitative estimate of drug-likeness (QED) is 0.865. The van der Waals surface area contributed by atoms with E-state index >= 15 is 0 Å². The van der Waals surface area contributed by atoms with E-state index in [9.17, 15) is 5.11 Å². The first-order valence-corrected chi connectivity index (χ1v) is 6.67. The van der Waals surface area contributed by atoms with Crippen molar-refractivity contribution in [1.29, 1.82) is 0 Å². The van der Waals surface area contributed by atoms with Crippen molar-refractivity contribution in [2.45, 2.75) is 32.4 Å². The predicted octanol–water partition coefficient (Wildman–Crippen LogP) is 1.67. The van der Waals surface area contributed by atoms with Crippen LogP contribution in [0.3, 0.4) is 0 Å². The first-order chi connectivity index (χ1) is 8.58. The Morgan fingerprint density at radius 1 is 1.39 bits per heavy atom. The number of aliphatic hydroxyl groups excluding tert-OH is 1. The molecule has 1 N–H and O–H groups in total. The molecule has 1 aliphatic rings. The zero-order valence-electron chi connectivity index (χ0n) is 11.5. The fourth-order valence-electron chi connectivity index (χ4n) is 2.57. The summed E-state index contributed by atoms with van der Waals surface area (Å²) in [4.78, 5) is 9.11. The number of nitrogens with zero attached hydrogens (tertiary/aromatic N) is 3. The lowest BCUT2D eigenvalue weighted by molar-refractivity contribution is 0.194. The van der Waals surface area contributed by atoms with Crippen molar-refractivity contribution < 1.29 is 5.11 Å². The molecule has 0 radical (unpaired) electrons. The second-order valence-corrected chi connectivity index (χ2v) is 5.28. The molecule has 0 aliphatic carbocycles. The third-order valence-electron chi connectivity index (χ3n) is 3.58. The van der Waals surface area contributed by atoms with Crippen LogP contribution in [-0.4, -0.2) is 47.7 Å². The normalized spacial score (nSPS) is 23.8. The van der Waals surface area contributed by atoms with Gasteiger partial charge in [0, 0.05) is 19.1 Å². The Hall–Kier alpha value is -1.13. The largest absolute Gasteiger partial charge is 0.387 e. The average Bonchev–Trinajstić information content (AvgIpc) is 2.50. The lowest BCUT2D eigenvalue weighted by Gasteiger charge is -2.30. The van der Waals surface area contributed by atoms with E-state index in [4.69, 9.17) is 0 Å². The van der Waals surface area contributed by atoms with E-state index in [1.807, 2.05) is 12.3 Å². The molecule has 4 heteroatoms. The summed E-state index contributed by atoms with van der Waals surface area (Å²) in [5.74, 6) is 0. The molecule has 2 atom stereocenters. The van der Waals surface area contributed by atoms with E-state index in [0.29, 0.717) is 6.04 Å². The highest BCUT2D eigenvalue weighted by Crippen LogP contribution is 2.20. The molecule has 0 amide bonds. The molecule has 1 fully saturated rings. The van der Waals surface area contributed by atoms with Crippen LogP contribution in [0.1, 0.15) is 32.1 Å². The summed E-state index contributed by atoms with van der Waals surface area (Å²) in [7, 11) is 2.18. The fraction of sp³-hybridized carbons (Fsp3) is 0.643. The lowest BCUT2D eigenvalue weighted by Crippen LogP contribution is -2.38. The zero-order chi connectivity index (χ0) is 13.1. The van der Waals surface area contributed by atoms with Gasteiger partial charge in [0.05, 0.1) is 23.7 Å². The van der Waals surface area contributed by atoms with E-state index in [1.165, 1.54) is 6.42 Å². The van der Waals surface area contributed by atoms with Crippen LogP contribution in [0.15, 0.2) is 18.3 Å². The molecule has 100 valence electrons. The van der Waals surface area contributed by atoms with Crippen molar-refractivity contribution in [2.75, 3.05) is 31.6 Å². The molecule has 1 unspecified atom stereocenters. The highest BCUT2D eigenvalue weighted by atomic mass is 16.3. The van der Waals surface area contributed by atoms with Crippen molar-refractivity contribution in [3.63, 3.8) is 0 Å². The SMILES string of the molecule is CC1CN(C)CCCN1c1ccc([C@H](C)O)nc1. The van der Waals surface area contributed by atoms with Crippen molar-refractivity contribution in [3.8, 4) is 0 Å². The van der Waals surface area contributed by atoms with Crippen molar-refractivity contribution in [3.05, 3.63) is 24.0 Å². The number of hydrogen-bond donors (Lipinski definition) is 1. The van der Waals surface area contributed by atoms with Crippen LogP contribution in [0.25, 0.3) is 0 Å². The molecule has 1 aromatic rings. The zero-order valence-corrected chi connectivity index (χ0v) is 11.5. The molecular formula is C14H23N3O. The van der Waals surface area contributed by atoms with E-state index in [-0.39, 0.29) is 0 Å². The summed E-state index contributed by atoms with van der Waals surface area (Å²) in [6.45, 7) is 7.30. The lowest BCUT2D eigenvalue weighted by atomic mass is 10.2. The molecule has 0 bridgehead atoms. The first-order valence-electron chi connectivity index (χ1n) is 6.67. The molecule has 2 rings (SSSR count). The molecule has 0 saturated carbocycles. The Bertz CT molecular complexity index is 377. The van der Waals surface area contributed by atoms with Gasteiger partial charge in [-0.25, -0.2) is 0 Å². The Labute approximate surface area is 109 Å². The average molecular weight is 249 g/mol. The highest BCUT2D eigenvalue weighted by Gasteiger charge is 2.20. The molecular weight excluding hydrogens is 226 g/mol. The second kappa shape index (κ2) is 5.67. The Morgan fingerprint density at radius 3 is 2.78 bits per heavy atom. The molecule has 1 saturated heterocycles. The van der Waals surface area contributed by atoms with Crippen molar-refractivity contribution in [1.82, 2.24) is 9.88 Å². The summed E-state index contributed by atoms with van der Waals surface area (Å²) >= 11 is 0. The third-order valence-corrected chi connectivity index (χ3v) is 3.58. The minimum atomic E-state index is -0.494. The summed E-state index contributed by atoms with van der Waals surface area (Å²) in [5.41, 5.74) is 1.89. The van der Waals surface area contributed by atoms with Gasteiger partial charge in [-0.3, -0.25) is 4.98 Å². The monoisotopic (exact) mass is 249 g/mol. The maximum atomic E-state index is 9.47. The number of rotatable bonds is 2. The fourth-order valence-corrected chi connectivity index (χ4v) is 2.57. The van der Waals surface area contributed by atoms with Crippen LogP contribution < -0.4 is 4.90 Å². The minimum Gasteiger partial charge on any atom is -0.387 e. The number of hydrogen-bond acceptors (Lipinski definition) is 4. The van der Waals surface area contributed by atoms with Gasteiger partial charge in [0.2, 0.25) is 0 Å². The van der Waals surface area contributed by atoms with Crippen LogP contribution in [-0.2, 0) is 0 Å². The van der Waals surface area contributed by atoms with Gasteiger partial charge < -0.3 is 14.9 Å². The maximum Gasteiger partial charge on any atom is 0.0931 e. The summed E-state index contributed by atoms with van der Waals surface area (Å²) in [6.07, 6.45) is 2.56. The molecule has 2 heterocycles. The van der Waals surface area contributed by atoms with Gasteiger partial charge in [-0.2, -0.15) is 0 Å². The van der Waals surface area contributed by atoms with Gasteiger partial charge in [-0.15, -0.1) is 0 Å². The van der Waals surface area contributed by atoms with Gasteiger partial charge in [0.25, 0.3) is 0 Å². The van der Waals surface area contributed by atoms with Crippen molar-refractivity contribution in [2.24, 2.45) is 0 Å². The third kappa shape index (κ3) is 3.00. The van der Waals surface area contributed by atoms with Gasteiger partial charge in [-0.1, -0.05) is 0 Å². The Kier molecular flexibility index (Phi) is 4.19. The molecule has 0 aromatic carbocycles. The van der Waals surface area contributed by atoms with Crippen molar-refractivity contribution >= 4 is 5.69 Å². The van der Waals surface area contributed by atoms with Gasteiger partial charge in [-0.05, 0) is 46.0 Å². The van der Waals surface area contributed by atoms with E-state index in [0.717, 1.165) is 31.0 Å². The molecule has 0 spiro atoms. The Morgan fingerprint density at radius 2 is 2.17 bits per heavy atom. The van der Waals surface area contributed by atoms with Crippen LogP contribution in [0.2, 0.25) is 0 Å². The Balaban J connectivity index is 2.14. The van der Waals surface area contributed by atoms with E-state index in [1.54, 1.807) is 6.92 Å². The van der Waals surface area contributed by atoms with Gasteiger partial charge in [0.1, 0.15) is 0 Å². The standard InChI is InChI=1S/C14H23N3O/c1-11-10-16(3)7-4-8-17(11)13-5-6-14(12(2)18)15-9-13/h5-6,9,11-12,18H,4,7-8,10H2,1-3H3/t11?,12-/m0/s1. The topological polar surface area (TPSA) is 39.6 Å². The van der Waals surface area contributed by atoms with Gasteiger partial charge in [0.15, 0.2) is 0 Å². The summed E-state index contributed by atoms with van der Waals surface area (Å²) < 4.78 is 0. The number of pyridine rings is 1. The predicted molar refractivity (Wildman–Crippen MR) is 73.8 cm³/mol.